The maximum absolute atomic E-state index is 11.6. The molecule has 0 saturated carbocycles. The SMILES string of the molecule is CCOC(=O)c1ccc(Nc2cc(=O)oc3ccccc23)cc1. The first-order chi connectivity index (χ1) is 11.2. The van der Waals surface area contributed by atoms with Crippen molar-refractivity contribution in [3.63, 3.8) is 0 Å². The Morgan fingerprint density at radius 1 is 1.13 bits per heavy atom. The molecule has 0 spiro atoms. The summed E-state index contributed by atoms with van der Waals surface area (Å²) in [6.07, 6.45) is 0. The van der Waals surface area contributed by atoms with Crippen LogP contribution >= 0.6 is 0 Å². The molecule has 0 saturated heterocycles. The van der Waals surface area contributed by atoms with Gasteiger partial charge in [0, 0.05) is 17.1 Å². The summed E-state index contributed by atoms with van der Waals surface area (Å²) >= 11 is 0. The zero-order valence-corrected chi connectivity index (χ0v) is 12.5. The second kappa shape index (κ2) is 6.36. The van der Waals surface area contributed by atoms with E-state index in [1.54, 1.807) is 37.3 Å². The Hall–Kier alpha value is -3.08. The number of ether oxygens (including phenoxy) is 1. The Balaban J connectivity index is 1.90. The van der Waals surface area contributed by atoms with E-state index in [1.807, 2.05) is 18.2 Å². The molecular formula is C18H15NO4. The molecule has 1 aromatic heterocycles. The molecule has 5 heteroatoms. The van der Waals surface area contributed by atoms with Crippen LogP contribution < -0.4 is 10.9 Å². The minimum atomic E-state index is -0.422. The van der Waals surface area contributed by atoms with E-state index in [2.05, 4.69) is 5.32 Å². The fourth-order valence-electron chi connectivity index (χ4n) is 2.27. The summed E-state index contributed by atoms with van der Waals surface area (Å²) in [7, 11) is 0. The first kappa shape index (κ1) is 14.8. The molecular weight excluding hydrogens is 294 g/mol. The summed E-state index contributed by atoms with van der Waals surface area (Å²) < 4.78 is 10.1. The van der Waals surface area contributed by atoms with Crippen molar-refractivity contribution in [2.75, 3.05) is 11.9 Å². The molecule has 1 heterocycles. The minimum Gasteiger partial charge on any atom is -0.462 e. The van der Waals surface area contributed by atoms with E-state index in [0.29, 0.717) is 23.4 Å². The van der Waals surface area contributed by atoms with Crippen molar-refractivity contribution in [2.24, 2.45) is 0 Å². The van der Waals surface area contributed by atoms with E-state index in [9.17, 15) is 9.59 Å². The van der Waals surface area contributed by atoms with Crippen molar-refractivity contribution in [3.05, 3.63) is 70.6 Å². The van der Waals surface area contributed by atoms with Gasteiger partial charge in [-0.05, 0) is 43.3 Å². The van der Waals surface area contributed by atoms with E-state index in [0.717, 1.165) is 11.1 Å². The van der Waals surface area contributed by atoms with Crippen molar-refractivity contribution >= 4 is 28.3 Å². The Kier molecular flexibility index (Phi) is 4.10. The summed E-state index contributed by atoms with van der Waals surface area (Å²) in [6.45, 7) is 2.10. The van der Waals surface area contributed by atoms with Gasteiger partial charge >= 0.3 is 11.6 Å². The average molecular weight is 309 g/mol. The largest absolute Gasteiger partial charge is 0.462 e. The summed E-state index contributed by atoms with van der Waals surface area (Å²) in [4.78, 5) is 23.3. The fourth-order valence-corrected chi connectivity index (χ4v) is 2.27. The third-order valence-electron chi connectivity index (χ3n) is 3.33. The lowest BCUT2D eigenvalue weighted by Crippen LogP contribution is -2.04. The van der Waals surface area contributed by atoms with E-state index < -0.39 is 5.63 Å². The predicted molar refractivity (Wildman–Crippen MR) is 88.2 cm³/mol. The Labute approximate surface area is 132 Å². The van der Waals surface area contributed by atoms with Crippen LogP contribution in [0.1, 0.15) is 17.3 Å². The average Bonchev–Trinajstić information content (AvgIpc) is 2.55. The smallest absolute Gasteiger partial charge is 0.338 e. The molecule has 0 aliphatic rings. The molecule has 2 aromatic carbocycles. The van der Waals surface area contributed by atoms with Gasteiger partial charge in [-0.1, -0.05) is 12.1 Å². The molecule has 1 N–H and O–H groups in total. The van der Waals surface area contributed by atoms with Crippen LogP contribution in [-0.2, 0) is 4.74 Å². The molecule has 3 aromatic rings. The minimum absolute atomic E-state index is 0.338. The van der Waals surface area contributed by atoms with Crippen LogP contribution in [-0.4, -0.2) is 12.6 Å². The number of hydrogen-bond donors (Lipinski definition) is 1. The molecule has 0 bridgehead atoms. The van der Waals surface area contributed by atoms with Crippen molar-refractivity contribution in [2.45, 2.75) is 6.92 Å². The van der Waals surface area contributed by atoms with E-state index in [4.69, 9.17) is 9.15 Å². The summed E-state index contributed by atoms with van der Waals surface area (Å²) in [5.74, 6) is -0.357. The zero-order valence-electron chi connectivity index (χ0n) is 12.5. The fraction of sp³-hybridized carbons (Fsp3) is 0.111. The quantitative estimate of drug-likeness (QED) is 0.587. The van der Waals surface area contributed by atoms with Crippen LogP contribution in [0.5, 0.6) is 0 Å². The van der Waals surface area contributed by atoms with Gasteiger partial charge in [-0.15, -0.1) is 0 Å². The van der Waals surface area contributed by atoms with E-state index >= 15 is 0 Å². The van der Waals surface area contributed by atoms with Crippen LogP contribution in [0.25, 0.3) is 11.0 Å². The highest BCUT2D eigenvalue weighted by atomic mass is 16.5. The van der Waals surface area contributed by atoms with Gasteiger partial charge in [0.25, 0.3) is 0 Å². The van der Waals surface area contributed by atoms with Gasteiger partial charge in [0.05, 0.1) is 17.9 Å². The third kappa shape index (κ3) is 3.23. The molecule has 0 aliphatic carbocycles. The van der Waals surface area contributed by atoms with Crippen LogP contribution in [0.3, 0.4) is 0 Å². The van der Waals surface area contributed by atoms with Crippen molar-refractivity contribution in [1.29, 1.82) is 0 Å². The molecule has 0 fully saturated rings. The van der Waals surface area contributed by atoms with Gasteiger partial charge in [0.2, 0.25) is 0 Å². The lowest BCUT2D eigenvalue weighted by molar-refractivity contribution is 0.0526. The van der Waals surface area contributed by atoms with Crippen LogP contribution in [0, 0.1) is 0 Å². The topological polar surface area (TPSA) is 68.5 Å². The molecule has 0 amide bonds. The number of rotatable bonds is 4. The highest BCUT2D eigenvalue weighted by molar-refractivity contribution is 5.92. The van der Waals surface area contributed by atoms with Crippen LogP contribution in [0.15, 0.2) is 63.8 Å². The number of carbonyl (C=O) groups excluding carboxylic acids is 1. The van der Waals surface area contributed by atoms with Crippen LogP contribution in [0.4, 0.5) is 11.4 Å². The molecule has 3 rings (SSSR count). The number of nitrogens with one attached hydrogen (secondary N) is 1. The Bertz CT molecular complexity index is 897. The molecule has 5 nitrogen and oxygen atoms in total. The first-order valence-corrected chi connectivity index (χ1v) is 7.24. The Morgan fingerprint density at radius 2 is 1.87 bits per heavy atom. The lowest BCUT2D eigenvalue weighted by Gasteiger charge is -2.09. The number of anilines is 2. The molecule has 0 radical (unpaired) electrons. The molecule has 0 atom stereocenters. The standard InChI is InChI=1S/C18H15NO4/c1-2-22-18(21)12-7-9-13(10-8-12)19-15-11-17(20)23-16-6-4-3-5-14(15)16/h3-11,19H,2H2,1H3. The second-order valence-electron chi connectivity index (χ2n) is 4.90. The molecule has 23 heavy (non-hydrogen) atoms. The normalized spacial score (nSPS) is 10.5. The monoisotopic (exact) mass is 309 g/mol. The zero-order chi connectivity index (χ0) is 16.2. The number of para-hydroxylation sites is 1. The lowest BCUT2D eigenvalue weighted by atomic mass is 10.1. The maximum atomic E-state index is 11.6. The number of fused-ring (bicyclic) bond motifs is 1. The highest BCUT2D eigenvalue weighted by Crippen LogP contribution is 2.24. The highest BCUT2D eigenvalue weighted by Gasteiger charge is 2.08. The molecule has 0 aliphatic heterocycles. The summed E-state index contributed by atoms with van der Waals surface area (Å²) in [5.41, 5.74) is 1.99. The van der Waals surface area contributed by atoms with Crippen molar-refractivity contribution in [1.82, 2.24) is 0 Å². The first-order valence-electron chi connectivity index (χ1n) is 7.24. The number of carbonyl (C=O) groups is 1. The van der Waals surface area contributed by atoms with E-state index in [-0.39, 0.29) is 5.97 Å². The van der Waals surface area contributed by atoms with Crippen LogP contribution in [0.2, 0.25) is 0 Å². The summed E-state index contributed by atoms with van der Waals surface area (Å²) in [5, 5.41) is 3.98. The number of benzene rings is 2. The van der Waals surface area contributed by atoms with Gasteiger partial charge in [0.15, 0.2) is 0 Å². The number of hydrogen-bond acceptors (Lipinski definition) is 5. The second-order valence-corrected chi connectivity index (χ2v) is 4.90. The molecule has 0 unspecified atom stereocenters. The molecule has 116 valence electrons. The van der Waals surface area contributed by atoms with Crippen molar-refractivity contribution < 1.29 is 13.9 Å². The van der Waals surface area contributed by atoms with Gasteiger partial charge in [0.1, 0.15) is 5.58 Å². The van der Waals surface area contributed by atoms with Crippen molar-refractivity contribution in [3.8, 4) is 0 Å². The number of esters is 1. The van der Waals surface area contributed by atoms with E-state index in [1.165, 1.54) is 6.07 Å². The van der Waals surface area contributed by atoms with Gasteiger partial charge < -0.3 is 14.5 Å². The van der Waals surface area contributed by atoms with Gasteiger partial charge in [-0.3, -0.25) is 0 Å². The third-order valence-corrected chi connectivity index (χ3v) is 3.33. The predicted octanol–water partition coefficient (Wildman–Crippen LogP) is 3.71. The van der Waals surface area contributed by atoms with Gasteiger partial charge in [-0.2, -0.15) is 0 Å². The Morgan fingerprint density at radius 3 is 2.61 bits per heavy atom. The summed E-state index contributed by atoms with van der Waals surface area (Å²) in [6, 6.07) is 15.6. The van der Waals surface area contributed by atoms with Gasteiger partial charge in [-0.25, -0.2) is 9.59 Å². The maximum Gasteiger partial charge on any atom is 0.338 e.